The third-order valence-corrected chi connectivity index (χ3v) is 5.90. The van der Waals surface area contributed by atoms with E-state index in [-0.39, 0.29) is 12.6 Å². The van der Waals surface area contributed by atoms with E-state index in [1.54, 1.807) is 29.2 Å². The summed E-state index contributed by atoms with van der Waals surface area (Å²) in [6.45, 7) is 4.19. The molecule has 0 bridgehead atoms. The summed E-state index contributed by atoms with van der Waals surface area (Å²) in [5.74, 6) is -1.35. The van der Waals surface area contributed by atoms with Gasteiger partial charge in [0.1, 0.15) is 6.04 Å². The molecule has 2 heterocycles. The summed E-state index contributed by atoms with van der Waals surface area (Å²) in [6, 6.07) is 13.2. The minimum atomic E-state index is -0.684. The normalized spacial score (nSPS) is 11.8. The zero-order valence-corrected chi connectivity index (χ0v) is 17.6. The molecule has 0 saturated carbocycles. The topological polar surface area (TPSA) is 76.0 Å². The largest absolute Gasteiger partial charge is 0.345 e. The molecule has 0 spiro atoms. The molecule has 0 aliphatic rings. The molecule has 3 rings (SSSR count). The maximum Gasteiger partial charge on any atom is 0.313 e. The van der Waals surface area contributed by atoms with E-state index in [9.17, 15) is 9.59 Å². The maximum atomic E-state index is 12.3. The van der Waals surface area contributed by atoms with Gasteiger partial charge >= 0.3 is 11.8 Å². The zero-order chi connectivity index (χ0) is 20.1. The predicted octanol–water partition coefficient (Wildman–Crippen LogP) is 3.63. The van der Waals surface area contributed by atoms with Crippen molar-refractivity contribution in [3.05, 3.63) is 64.1 Å². The number of hydrogen-bond donors (Lipinski definition) is 2. The summed E-state index contributed by atoms with van der Waals surface area (Å²) in [7, 11) is 0. The molecular weight excluding hydrogens is 392 g/mol. The van der Waals surface area contributed by atoms with Crippen LogP contribution in [0.4, 0.5) is 5.69 Å². The van der Waals surface area contributed by atoms with Crippen molar-refractivity contribution < 1.29 is 9.59 Å². The Morgan fingerprint density at radius 3 is 2.64 bits per heavy atom. The Hall–Kier alpha value is -2.58. The first kappa shape index (κ1) is 20.2. The Morgan fingerprint density at radius 1 is 1.18 bits per heavy atom. The third-order valence-electron chi connectivity index (χ3n) is 4.20. The lowest BCUT2D eigenvalue weighted by Crippen LogP contribution is -2.39. The van der Waals surface area contributed by atoms with Crippen LogP contribution in [-0.2, 0) is 9.59 Å². The predicted molar refractivity (Wildman–Crippen MR) is 114 cm³/mol. The van der Waals surface area contributed by atoms with Crippen molar-refractivity contribution >= 4 is 40.6 Å². The van der Waals surface area contributed by atoms with Crippen LogP contribution in [0.2, 0.25) is 0 Å². The van der Waals surface area contributed by atoms with Gasteiger partial charge < -0.3 is 10.6 Å². The summed E-state index contributed by atoms with van der Waals surface area (Å²) in [6.07, 6.45) is 1.96. The van der Waals surface area contributed by atoms with E-state index >= 15 is 0 Å². The van der Waals surface area contributed by atoms with Crippen molar-refractivity contribution in [2.24, 2.45) is 0 Å². The minimum absolute atomic E-state index is 0.162. The molecule has 2 N–H and O–H groups in total. The van der Waals surface area contributed by atoms with Gasteiger partial charge in [-0.15, -0.1) is 23.1 Å². The molecule has 1 unspecified atom stereocenters. The van der Waals surface area contributed by atoms with Gasteiger partial charge in [-0.1, -0.05) is 12.1 Å². The van der Waals surface area contributed by atoms with Crippen LogP contribution in [-0.4, -0.2) is 34.4 Å². The quantitative estimate of drug-likeness (QED) is 0.477. The number of carbonyl (C=O) groups excluding carboxylic acids is 2. The number of anilines is 1. The van der Waals surface area contributed by atoms with Crippen molar-refractivity contribution in [3.8, 4) is 0 Å². The highest BCUT2D eigenvalue weighted by Gasteiger charge is 2.21. The van der Waals surface area contributed by atoms with Gasteiger partial charge in [0.15, 0.2) is 0 Å². The van der Waals surface area contributed by atoms with Gasteiger partial charge in [0.25, 0.3) is 0 Å². The van der Waals surface area contributed by atoms with Crippen molar-refractivity contribution in [3.63, 3.8) is 0 Å². The fourth-order valence-corrected chi connectivity index (χ4v) is 4.18. The SMILES string of the molecule is CSc1cccc(NC(=O)C(=O)NCC(c2cccs2)n2nc(C)cc2C)c1. The van der Waals surface area contributed by atoms with E-state index in [1.807, 2.05) is 66.6 Å². The monoisotopic (exact) mass is 414 g/mol. The number of rotatable bonds is 6. The van der Waals surface area contributed by atoms with E-state index in [2.05, 4.69) is 15.7 Å². The number of nitrogens with zero attached hydrogens (tertiary/aromatic N) is 2. The van der Waals surface area contributed by atoms with Crippen LogP contribution in [0.15, 0.2) is 52.7 Å². The fourth-order valence-electron chi connectivity index (χ4n) is 2.91. The van der Waals surface area contributed by atoms with Crippen molar-refractivity contribution in [1.29, 1.82) is 0 Å². The molecule has 3 aromatic rings. The van der Waals surface area contributed by atoms with Gasteiger partial charge in [0, 0.05) is 27.7 Å². The number of hydrogen-bond acceptors (Lipinski definition) is 5. The minimum Gasteiger partial charge on any atom is -0.345 e. The highest BCUT2D eigenvalue weighted by molar-refractivity contribution is 7.98. The molecule has 0 aliphatic carbocycles. The first-order chi connectivity index (χ1) is 13.5. The van der Waals surface area contributed by atoms with Gasteiger partial charge in [-0.25, -0.2) is 0 Å². The Balaban J connectivity index is 1.68. The fraction of sp³-hybridized carbons (Fsp3) is 0.250. The number of amides is 2. The number of aromatic nitrogens is 2. The standard InChI is InChI=1S/C20H22N4O2S2/c1-13-10-14(2)24(23-13)17(18-8-5-9-28-18)12-21-19(25)20(26)22-15-6-4-7-16(11-15)27-3/h4-11,17H,12H2,1-3H3,(H,21,25)(H,22,26). The zero-order valence-electron chi connectivity index (χ0n) is 15.9. The van der Waals surface area contributed by atoms with Gasteiger partial charge in [-0.05, 0) is 55.8 Å². The molecule has 8 heteroatoms. The molecule has 0 radical (unpaired) electrons. The van der Waals surface area contributed by atoms with Gasteiger partial charge in [0.05, 0.1) is 5.69 Å². The molecule has 146 valence electrons. The number of benzene rings is 1. The van der Waals surface area contributed by atoms with Gasteiger partial charge in [0.2, 0.25) is 0 Å². The molecule has 28 heavy (non-hydrogen) atoms. The number of thioether (sulfide) groups is 1. The van der Waals surface area contributed by atoms with E-state index in [0.717, 1.165) is 21.2 Å². The van der Waals surface area contributed by atoms with Gasteiger partial charge in [-0.2, -0.15) is 5.10 Å². The van der Waals surface area contributed by atoms with Crippen LogP contribution in [0, 0.1) is 13.8 Å². The first-order valence-electron chi connectivity index (χ1n) is 8.77. The summed E-state index contributed by atoms with van der Waals surface area (Å²) in [5.41, 5.74) is 2.51. The summed E-state index contributed by atoms with van der Waals surface area (Å²) in [4.78, 5) is 26.7. The Bertz CT molecular complexity index is 967. The highest BCUT2D eigenvalue weighted by atomic mass is 32.2. The lowest BCUT2D eigenvalue weighted by atomic mass is 10.2. The van der Waals surface area contributed by atoms with Crippen LogP contribution in [0.3, 0.4) is 0 Å². The molecule has 0 saturated heterocycles. The summed E-state index contributed by atoms with van der Waals surface area (Å²) < 4.78 is 1.89. The summed E-state index contributed by atoms with van der Waals surface area (Å²) >= 11 is 3.17. The second-order valence-electron chi connectivity index (χ2n) is 6.30. The van der Waals surface area contributed by atoms with Crippen LogP contribution < -0.4 is 10.6 Å². The Morgan fingerprint density at radius 2 is 2.00 bits per heavy atom. The first-order valence-corrected chi connectivity index (χ1v) is 10.9. The lowest BCUT2D eigenvalue weighted by Gasteiger charge is -2.18. The van der Waals surface area contributed by atoms with Crippen molar-refractivity contribution in [2.75, 3.05) is 18.1 Å². The smallest absolute Gasteiger partial charge is 0.313 e. The van der Waals surface area contributed by atoms with E-state index in [4.69, 9.17) is 0 Å². The second kappa shape index (κ2) is 9.07. The average Bonchev–Trinajstić information content (AvgIpc) is 3.32. The number of carbonyl (C=O) groups is 2. The average molecular weight is 415 g/mol. The number of thiophene rings is 1. The molecule has 0 aliphatic heterocycles. The molecule has 2 amide bonds. The van der Waals surface area contributed by atoms with Crippen molar-refractivity contribution in [2.45, 2.75) is 24.8 Å². The number of nitrogens with one attached hydrogen (secondary N) is 2. The van der Waals surface area contributed by atoms with E-state index < -0.39 is 11.8 Å². The molecule has 1 aromatic carbocycles. The molecular formula is C20H22N4O2S2. The van der Waals surface area contributed by atoms with Crippen LogP contribution >= 0.6 is 23.1 Å². The molecule has 0 fully saturated rings. The maximum absolute atomic E-state index is 12.3. The van der Waals surface area contributed by atoms with E-state index in [1.165, 1.54) is 0 Å². The molecule has 2 aromatic heterocycles. The lowest BCUT2D eigenvalue weighted by molar-refractivity contribution is -0.136. The van der Waals surface area contributed by atoms with Crippen LogP contribution in [0.5, 0.6) is 0 Å². The molecule has 6 nitrogen and oxygen atoms in total. The molecule has 1 atom stereocenters. The second-order valence-corrected chi connectivity index (χ2v) is 8.16. The highest BCUT2D eigenvalue weighted by Crippen LogP contribution is 2.24. The van der Waals surface area contributed by atoms with Gasteiger partial charge in [-0.3, -0.25) is 14.3 Å². The summed E-state index contributed by atoms with van der Waals surface area (Å²) in [5, 5.41) is 11.9. The Labute approximate surface area is 172 Å². The Kier molecular flexibility index (Phi) is 6.53. The van der Waals surface area contributed by atoms with E-state index in [0.29, 0.717) is 5.69 Å². The third kappa shape index (κ3) is 4.82. The van der Waals surface area contributed by atoms with Crippen molar-refractivity contribution in [1.82, 2.24) is 15.1 Å². The van der Waals surface area contributed by atoms with Crippen LogP contribution in [0.25, 0.3) is 0 Å². The number of aryl methyl sites for hydroxylation is 2. The van der Waals surface area contributed by atoms with Crippen LogP contribution in [0.1, 0.15) is 22.3 Å².